The van der Waals surface area contributed by atoms with Crippen LogP contribution in [-0.4, -0.2) is 50.7 Å². The molecule has 1 aliphatic carbocycles. The molecule has 0 aromatic carbocycles. The van der Waals surface area contributed by atoms with Gasteiger partial charge in [0.2, 0.25) is 5.91 Å². The quantitative estimate of drug-likeness (QED) is 0.661. The number of nitrogens with one attached hydrogen (secondary N) is 1. The molecule has 0 saturated heterocycles. The van der Waals surface area contributed by atoms with Gasteiger partial charge in [0.05, 0.1) is 18.1 Å². The van der Waals surface area contributed by atoms with Crippen LogP contribution in [-0.2, 0) is 18.3 Å². The molecule has 1 saturated carbocycles. The van der Waals surface area contributed by atoms with Gasteiger partial charge >= 0.3 is 0 Å². The molecule has 3 atom stereocenters. The Bertz CT molecular complexity index is 939. The van der Waals surface area contributed by atoms with Crippen LogP contribution in [0.4, 0.5) is 5.82 Å². The molecule has 160 valence electrons. The molecule has 2 aromatic heterocycles. The highest BCUT2D eigenvalue weighted by molar-refractivity contribution is 5.92. The van der Waals surface area contributed by atoms with Gasteiger partial charge < -0.3 is 16.0 Å². The standard InChI is InChI=1S/C21H29N7O2/c1-5-19(29)26-15-7-6-8-17(13(15)2)28(4)18-11-23-20(21(22)30)16(25-18)9-14-10-24-27(3)12-14/h5,10-13,15,17H,1,6-9H2,2-4H3,(H2,22,30)(H,26,29)/t13-,15?,17+/m0/s1. The first kappa shape index (κ1) is 21.5. The number of rotatable bonds is 7. The molecule has 30 heavy (non-hydrogen) atoms. The Kier molecular flexibility index (Phi) is 6.49. The summed E-state index contributed by atoms with van der Waals surface area (Å²) in [7, 11) is 3.81. The van der Waals surface area contributed by atoms with Crippen molar-refractivity contribution < 1.29 is 9.59 Å². The van der Waals surface area contributed by atoms with Crippen molar-refractivity contribution in [2.75, 3.05) is 11.9 Å². The zero-order valence-electron chi connectivity index (χ0n) is 17.7. The largest absolute Gasteiger partial charge is 0.364 e. The minimum atomic E-state index is -0.603. The van der Waals surface area contributed by atoms with Crippen LogP contribution in [0.25, 0.3) is 0 Å². The first-order valence-corrected chi connectivity index (χ1v) is 10.1. The first-order chi connectivity index (χ1) is 14.3. The highest BCUT2D eigenvalue weighted by Gasteiger charge is 2.34. The van der Waals surface area contributed by atoms with Crippen molar-refractivity contribution in [3.63, 3.8) is 0 Å². The third kappa shape index (κ3) is 4.67. The number of carbonyl (C=O) groups excluding carboxylic acids is 2. The lowest BCUT2D eigenvalue weighted by Gasteiger charge is -2.41. The smallest absolute Gasteiger partial charge is 0.269 e. The SMILES string of the molecule is C=CC(=O)NC1CCC[C@@H](N(C)c2cnc(C(N)=O)c(Cc3cnn(C)c3)n2)[C@H]1C. The average molecular weight is 412 g/mol. The van der Waals surface area contributed by atoms with Crippen LogP contribution in [0.15, 0.2) is 31.2 Å². The molecule has 1 fully saturated rings. The number of aromatic nitrogens is 4. The number of amides is 2. The summed E-state index contributed by atoms with van der Waals surface area (Å²) in [5, 5.41) is 7.20. The fraction of sp³-hybridized carbons (Fsp3) is 0.476. The van der Waals surface area contributed by atoms with Crippen molar-refractivity contribution >= 4 is 17.6 Å². The first-order valence-electron chi connectivity index (χ1n) is 10.1. The molecule has 1 unspecified atom stereocenters. The zero-order valence-corrected chi connectivity index (χ0v) is 17.7. The van der Waals surface area contributed by atoms with Crippen molar-refractivity contribution in [1.82, 2.24) is 25.1 Å². The van der Waals surface area contributed by atoms with Crippen LogP contribution >= 0.6 is 0 Å². The fourth-order valence-corrected chi connectivity index (χ4v) is 4.17. The number of nitrogens with two attached hydrogens (primary N) is 1. The number of carbonyl (C=O) groups is 2. The molecule has 3 rings (SSSR count). The predicted octanol–water partition coefficient (Wildman–Crippen LogP) is 1.20. The Hall–Kier alpha value is -3.23. The third-order valence-electron chi connectivity index (χ3n) is 5.82. The van der Waals surface area contributed by atoms with Crippen LogP contribution in [0.2, 0.25) is 0 Å². The van der Waals surface area contributed by atoms with Crippen molar-refractivity contribution in [2.24, 2.45) is 18.7 Å². The van der Waals surface area contributed by atoms with Crippen LogP contribution < -0.4 is 16.0 Å². The number of hydrogen-bond acceptors (Lipinski definition) is 6. The van der Waals surface area contributed by atoms with E-state index in [1.165, 1.54) is 6.08 Å². The van der Waals surface area contributed by atoms with Crippen molar-refractivity contribution in [3.05, 3.63) is 48.2 Å². The topological polar surface area (TPSA) is 119 Å². The molecule has 2 amide bonds. The third-order valence-corrected chi connectivity index (χ3v) is 5.82. The Morgan fingerprint density at radius 2 is 2.17 bits per heavy atom. The van der Waals surface area contributed by atoms with Crippen molar-refractivity contribution in [2.45, 2.75) is 44.7 Å². The summed E-state index contributed by atoms with van der Waals surface area (Å²) >= 11 is 0. The highest BCUT2D eigenvalue weighted by atomic mass is 16.2. The van der Waals surface area contributed by atoms with E-state index >= 15 is 0 Å². The molecular formula is C21H29N7O2. The Balaban J connectivity index is 1.85. The van der Waals surface area contributed by atoms with Crippen LogP contribution in [0.3, 0.4) is 0 Å². The molecule has 0 radical (unpaired) electrons. The lowest BCUT2D eigenvalue weighted by molar-refractivity contribution is -0.117. The van der Waals surface area contributed by atoms with Gasteiger partial charge in [0.15, 0.2) is 0 Å². The molecule has 3 N–H and O–H groups in total. The summed E-state index contributed by atoms with van der Waals surface area (Å²) in [6.45, 7) is 5.67. The monoisotopic (exact) mass is 411 g/mol. The maximum atomic E-state index is 11.9. The van der Waals surface area contributed by atoms with Crippen LogP contribution in [0.1, 0.15) is 47.9 Å². The summed E-state index contributed by atoms with van der Waals surface area (Å²) in [5.41, 5.74) is 7.14. The Labute approximate surface area is 176 Å². The van der Waals surface area contributed by atoms with Gasteiger partial charge in [-0.25, -0.2) is 9.97 Å². The summed E-state index contributed by atoms with van der Waals surface area (Å²) in [6.07, 6.45) is 9.83. The molecule has 0 spiro atoms. The zero-order chi connectivity index (χ0) is 21.8. The lowest BCUT2D eigenvalue weighted by Crippen LogP contribution is -2.51. The summed E-state index contributed by atoms with van der Waals surface area (Å²) in [4.78, 5) is 34.8. The number of anilines is 1. The van der Waals surface area contributed by atoms with E-state index in [1.807, 2.05) is 20.3 Å². The van der Waals surface area contributed by atoms with E-state index in [1.54, 1.807) is 17.1 Å². The summed E-state index contributed by atoms with van der Waals surface area (Å²) in [6, 6.07) is 0.248. The van der Waals surface area contributed by atoms with Crippen molar-refractivity contribution in [3.8, 4) is 0 Å². The van der Waals surface area contributed by atoms with E-state index in [0.717, 1.165) is 24.8 Å². The van der Waals surface area contributed by atoms with Gasteiger partial charge in [-0.2, -0.15) is 5.10 Å². The Morgan fingerprint density at radius 1 is 1.40 bits per heavy atom. The van der Waals surface area contributed by atoms with Gasteiger partial charge in [-0.3, -0.25) is 14.3 Å². The average Bonchev–Trinajstić information content (AvgIpc) is 3.13. The minimum Gasteiger partial charge on any atom is -0.364 e. The van der Waals surface area contributed by atoms with Crippen molar-refractivity contribution in [1.29, 1.82) is 0 Å². The van der Waals surface area contributed by atoms with E-state index in [0.29, 0.717) is 17.9 Å². The van der Waals surface area contributed by atoms with Gasteiger partial charge in [-0.05, 0) is 36.8 Å². The predicted molar refractivity (Wildman–Crippen MR) is 114 cm³/mol. The van der Waals surface area contributed by atoms with E-state index in [2.05, 4.69) is 33.8 Å². The molecule has 0 bridgehead atoms. The highest BCUT2D eigenvalue weighted by Crippen LogP contribution is 2.30. The molecule has 1 aliphatic rings. The maximum Gasteiger partial charge on any atom is 0.269 e. The normalized spacial score (nSPS) is 21.1. The molecule has 2 aromatic rings. The molecule has 0 aliphatic heterocycles. The van der Waals surface area contributed by atoms with Crippen LogP contribution in [0, 0.1) is 5.92 Å². The maximum absolute atomic E-state index is 11.9. The van der Waals surface area contributed by atoms with Gasteiger partial charge in [0.25, 0.3) is 5.91 Å². The molecule has 2 heterocycles. The molecule has 9 nitrogen and oxygen atoms in total. The second-order valence-corrected chi connectivity index (χ2v) is 7.87. The van der Waals surface area contributed by atoms with E-state index in [-0.39, 0.29) is 29.6 Å². The fourth-order valence-electron chi connectivity index (χ4n) is 4.17. The van der Waals surface area contributed by atoms with Gasteiger partial charge in [-0.1, -0.05) is 13.5 Å². The van der Waals surface area contributed by atoms with E-state index in [4.69, 9.17) is 10.7 Å². The van der Waals surface area contributed by atoms with E-state index in [9.17, 15) is 9.59 Å². The summed E-state index contributed by atoms with van der Waals surface area (Å²) in [5.74, 6) is 0.131. The van der Waals surface area contributed by atoms with E-state index < -0.39 is 5.91 Å². The summed E-state index contributed by atoms with van der Waals surface area (Å²) < 4.78 is 1.70. The second kappa shape index (κ2) is 9.06. The minimum absolute atomic E-state index is 0.0735. The Morgan fingerprint density at radius 3 is 2.80 bits per heavy atom. The number of hydrogen-bond donors (Lipinski definition) is 2. The number of nitrogens with zero attached hydrogens (tertiary/aromatic N) is 5. The lowest BCUT2D eigenvalue weighted by atomic mass is 9.81. The molecule has 9 heteroatoms. The van der Waals surface area contributed by atoms with Gasteiger partial charge in [0.1, 0.15) is 11.5 Å². The number of aryl methyl sites for hydroxylation is 1. The second-order valence-electron chi connectivity index (χ2n) is 7.87. The van der Waals surface area contributed by atoms with Crippen LogP contribution in [0.5, 0.6) is 0 Å². The number of primary amides is 1. The van der Waals surface area contributed by atoms with Gasteiger partial charge in [-0.15, -0.1) is 0 Å². The van der Waals surface area contributed by atoms with Gasteiger partial charge in [0, 0.05) is 38.8 Å². The molecular weight excluding hydrogens is 382 g/mol.